The van der Waals surface area contributed by atoms with E-state index in [0.717, 1.165) is 22.3 Å². The van der Waals surface area contributed by atoms with E-state index in [2.05, 4.69) is 10.6 Å². The van der Waals surface area contributed by atoms with E-state index in [9.17, 15) is 19.5 Å². The highest BCUT2D eigenvalue weighted by Gasteiger charge is 2.30. The first-order chi connectivity index (χ1) is 16.4. The number of carboxylic acid groups (broad SMARTS) is 1. The molecule has 2 atom stereocenters. The monoisotopic (exact) mass is 478 g/mol. The largest absolute Gasteiger partial charge is 0.479 e. The first kappa shape index (κ1) is 23.3. The van der Waals surface area contributed by atoms with E-state index in [-0.39, 0.29) is 23.1 Å². The topological polar surface area (TPSA) is 105 Å². The van der Waals surface area contributed by atoms with Gasteiger partial charge in [0.25, 0.3) is 0 Å². The third kappa shape index (κ3) is 4.75. The van der Waals surface area contributed by atoms with Crippen molar-refractivity contribution in [2.75, 3.05) is 6.61 Å². The third-order valence-corrected chi connectivity index (χ3v) is 6.17. The average molecular weight is 479 g/mol. The number of amides is 2. The Labute approximate surface area is 201 Å². The number of fused-ring (bicyclic) bond motifs is 3. The van der Waals surface area contributed by atoms with E-state index < -0.39 is 30.1 Å². The number of benzene rings is 3. The van der Waals surface area contributed by atoms with Crippen molar-refractivity contribution < 1.29 is 24.2 Å². The average Bonchev–Trinajstić information content (AvgIpc) is 3.15. The molecule has 0 spiro atoms. The van der Waals surface area contributed by atoms with Crippen LogP contribution < -0.4 is 10.6 Å². The van der Waals surface area contributed by atoms with Crippen LogP contribution in [0.4, 0.5) is 4.79 Å². The SMILES string of the molecule is CC(NC(=O)OCC1c2ccccc2-c2ccccc21)C(=O)N[C@@H](C(=O)O)c1ccccc1Cl. The number of ether oxygens (including phenoxy) is 1. The molecule has 7 nitrogen and oxygen atoms in total. The minimum absolute atomic E-state index is 0.103. The molecule has 0 radical (unpaired) electrons. The standard InChI is InChI=1S/C26H23ClN2O5/c1-15(24(30)29-23(25(31)32)20-12-6-7-13-22(20)27)28-26(33)34-14-21-18-10-4-2-8-16(18)17-9-3-5-11-19(17)21/h2-13,15,21,23H,14H2,1H3,(H,28,33)(H,29,30)(H,31,32)/t15?,23-/m1/s1. The maximum atomic E-state index is 12.6. The first-order valence-corrected chi connectivity index (χ1v) is 11.1. The van der Waals surface area contributed by atoms with E-state index in [0.29, 0.717) is 0 Å². The van der Waals surface area contributed by atoms with Gasteiger partial charge in [0.2, 0.25) is 5.91 Å². The summed E-state index contributed by atoms with van der Waals surface area (Å²) >= 11 is 6.08. The summed E-state index contributed by atoms with van der Waals surface area (Å²) in [7, 11) is 0. The predicted octanol–water partition coefficient (Wildman–Crippen LogP) is 4.51. The molecule has 0 heterocycles. The van der Waals surface area contributed by atoms with Crippen molar-refractivity contribution in [1.29, 1.82) is 0 Å². The van der Waals surface area contributed by atoms with Crippen molar-refractivity contribution in [2.24, 2.45) is 0 Å². The molecule has 3 aromatic carbocycles. The highest BCUT2D eigenvalue weighted by atomic mass is 35.5. The molecule has 4 rings (SSSR count). The predicted molar refractivity (Wildman–Crippen MR) is 128 cm³/mol. The van der Waals surface area contributed by atoms with Crippen LogP contribution in [-0.4, -0.2) is 35.7 Å². The normalized spacial score (nSPS) is 13.8. The molecular weight excluding hydrogens is 456 g/mol. The van der Waals surface area contributed by atoms with Crippen LogP contribution in [0.5, 0.6) is 0 Å². The Morgan fingerprint density at radius 2 is 1.47 bits per heavy atom. The van der Waals surface area contributed by atoms with Crippen LogP contribution in [0.1, 0.15) is 35.6 Å². The Balaban J connectivity index is 1.37. The Kier molecular flexibility index (Phi) is 6.84. The van der Waals surface area contributed by atoms with E-state index in [1.54, 1.807) is 12.1 Å². The molecule has 0 fully saturated rings. The van der Waals surface area contributed by atoms with Gasteiger partial charge in [0.1, 0.15) is 12.6 Å². The van der Waals surface area contributed by atoms with Crippen molar-refractivity contribution in [2.45, 2.75) is 24.9 Å². The number of rotatable bonds is 7. The van der Waals surface area contributed by atoms with Gasteiger partial charge in [0.05, 0.1) is 0 Å². The second-order valence-electron chi connectivity index (χ2n) is 7.99. The highest BCUT2D eigenvalue weighted by molar-refractivity contribution is 6.31. The lowest BCUT2D eigenvalue weighted by Crippen LogP contribution is -2.47. The summed E-state index contributed by atoms with van der Waals surface area (Å²) < 4.78 is 5.45. The molecule has 8 heteroatoms. The smallest absolute Gasteiger partial charge is 0.407 e. The Bertz CT molecular complexity index is 1200. The molecule has 1 unspecified atom stereocenters. The quantitative estimate of drug-likeness (QED) is 0.463. The molecule has 3 N–H and O–H groups in total. The molecule has 1 aliphatic rings. The van der Waals surface area contributed by atoms with Crippen molar-refractivity contribution in [1.82, 2.24) is 10.6 Å². The Hall–Kier alpha value is -3.84. The lowest BCUT2D eigenvalue weighted by Gasteiger charge is -2.20. The van der Waals surface area contributed by atoms with Crippen LogP contribution in [0.25, 0.3) is 11.1 Å². The van der Waals surface area contributed by atoms with E-state index >= 15 is 0 Å². The molecule has 0 aliphatic heterocycles. The summed E-state index contributed by atoms with van der Waals surface area (Å²) in [6.45, 7) is 1.55. The number of alkyl carbamates (subject to hydrolysis) is 1. The maximum Gasteiger partial charge on any atom is 0.407 e. The number of halogens is 1. The third-order valence-electron chi connectivity index (χ3n) is 5.82. The molecule has 2 amide bonds. The highest BCUT2D eigenvalue weighted by Crippen LogP contribution is 2.44. The number of carbonyl (C=O) groups is 3. The molecule has 0 saturated carbocycles. The zero-order valence-corrected chi connectivity index (χ0v) is 19.1. The van der Waals surface area contributed by atoms with Crippen LogP contribution in [-0.2, 0) is 14.3 Å². The van der Waals surface area contributed by atoms with Crippen LogP contribution in [0.15, 0.2) is 72.8 Å². The molecular formula is C26H23ClN2O5. The van der Waals surface area contributed by atoms with Gasteiger partial charge in [-0.05, 0) is 35.2 Å². The molecule has 0 aromatic heterocycles. The second-order valence-corrected chi connectivity index (χ2v) is 8.40. The van der Waals surface area contributed by atoms with Gasteiger partial charge in [-0.3, -0.25) is 4.79 Å². The van der Waals surface area contributed by atoms with Gasteiger partial charge in [-0.15, -0.1) is 0 Å². The van der Waals surface area contributed by atoms with Gasteiger partial charge in [0.15, 0.2) is 6.04 Å². The van der Waals surface area contributed by atoms with Crippen LogP contribution >= 0.6 is 11.6 Å². The summed E-state index contributed by atoms with van der Waals surface area (Å²) in [5, 5.41) is 14.6. The number of carbonyl (C=O) groups excluding carboxylic acids is 2. The number of nitrogens with one attached hydrogen (secondary N) is 2. The Morgan fingerprint density at radius 1 is 0.912 bits per heavy atom. The zero-order valence-electron chi connectivity index (χ0n) is 18.3. The molecule has 34 heavy (non-hydrogen) atoms. The van der Waals surface area contributed by atoms with Gasteiger partial charge in [-0.2, -0.15) is 0 Å². The van der Waals surface area contributed by atoms with Crippen molar-refractivity contribution in [3.63, 3.8) is 0 Å². The lowest BCUT2D eigenvalue weighted by molar-refractivity contribution is -0.142. The van der Waals surface area contributed by atoms with Gasteiger partial charge in [-0.1, -0.05) is 78.3 Å². The fourth-order valence-electron chi connectivity index (χ4n) is 4.13. The van der Waals surface area contributed by atoms with Gasteiger partial charge >= 0.3 is 12.1 Å². The summed E-state index contributed by atoms with van der Waals surface area (Å²) in [5.74, 6) is -2.06. The summed E-state index contributed by atoms with van der Waals surface area (Å²) in [6, 6.07) is 19.9. The minimum Gasteiger partial charge on any atom is -0.479 e. The molecule has 3 aromatic rings. The molecule has 0 bridgehead atoms. The molecule has 174 valence electrons. The zero-order chi connectivity index (χ0) is 24.2. The number of aliphatic carboxylic acids is 1. The summed E-state index contributed by atoms with van der Waals surface area (Å²) in [6.07, 6.45) is -0.769. The second kappa shape index (κ2) is 9.97. The number of carboxylic acids is 1. The van der Waals surface area contributed by atoms with E-state index in [1.807, 2.05) is 48.5 Å². The lowest BCUT2D eigenvalue weighted by atomic mass is 9.98. The van der Waals surface area contributed by atoms with Gasteiger partial charge < -0.3 is 20.5 Å². The van der Waals surface area contributed by atoms with Crippen LogP contribution in [0.2, 0.25) is 5.02 Å². The van der Waals surface area contributed by atoms with Crippen LogP contribution in [0.3, 0.4) is 0 Å². The maximum absolute atomic E-state index is 12.6. The summed E-state index contributed by atoms with van der Waals surface area (Å²) in [4.78, 5) is 36.7. The van der Waals surface area contributed by atoms with E-state index in [4.69, 9.17) is 16.3 Å². The Morgan fingerprint density at radius 3 is 2.06 bits per heavy atom. The number of hydrogen-bond donors (Lipinski definition) is 3. The summed E-state index contributed by atoms with van der Waals surface area (Å²) in [5.41, 5.74) is 4.62. The molecule has 1 aliphatic carbocycles. The van der Waals surface area contributed by atoms with Crippen molar-refractivity contribution >= 4 is 29.6 Å². The van der Waals surface area contributed by atoms with E-state index in [1.165, 1.54) is 19.1 Å². The first-order valence-electron chi connectivity index (χ1n) is 10.8. The minimum atomic E-state index is -1.35. The molecule has 0 saturated heterocycles. The fraction of sp³-hybridized carbons (Fsp3) is 0.192. The van der Waals surface area contributed by atoms with Crippen molar-refractivity contribution in [3.05, 3.63) is 94.5 Å². The number of hydrogen-bond acceptors (Lipinski definition) is 4. The van der Waals surface area contributed by atoms with Gasteiger partial charge in [0, 0.05) is 16.5 Å². The van der Waals surface area contributed by atoms with Gasteiger partial charge in [-0.25, -0.2) is 9.59 Å². The van der Waals surface area contributed by atoms with Crippen LogP contribution in [0, 0.1) is 0 Å². The van der Waals surface area contributed by atoms with Crippen molar-refractivity contribution in [3.8, 4) is 11.1 Å². The fourth-order valence-corrected chi connectivity index (χ4v) is 4.38.